The predicted octanol–water partition coefficient (Wildman–Crippen LogP) is 6.28. The Morgan fingerprint density at radius 2 is 1.00 bits per heavy atom. The lowest BCUT2D eigenvalue weighted by Crippen LogP contribution is -2.20. The molecule has 0 fully saturated rings. The molecule has 0 aromatic rings. The number of hydrogen-bond acceptors (Lipinski definition) is 3. The lowest BCUT2D eigenvalue weighted by Gasteiger charge is -2.13. The number of hydrogen-bond donors (Lipinski definition) is 2. The van der Waals surface area contributed by atoms with E-state index in [1.54, 1.807) is 0 Å². The monoisotopic (exact) mass is 392 g/mol. The van der Waals surface area contributed by atoms with Gasteiger partial charge in [-0.05, 0) is 25.7 Å². The molecule has 0 aliphatic rings. The normalized spacial score (nSPS) is 14.5. The summed E-state index contributed by atoms with van der Waals surface area (Å²) in [6.45, 7) is 4.28. The Kier molecular flexibility index (Phi) is 16.9. The Labute approximate surface area is 162 Å². The van der Waals surface area contributed by atoms with Gasteiger partial charge in [0.25, 0.3) is 10.1 Å². The van der Waals surface area contributed by atoms with Crippen molar-refractivity contribution < 1.29 is 18.1 Å². The molecule has 0 aromatic heterocycles. The van der Waals surface area contributed by atoms with Crippen LogP contribution in [0.2, 0.25) is 0 Å². The summed E-state index contributed by atoms with van der Waals surface area (Å²) in [5.41, 5.74) is 0. The maximum atomic E-state index is 11.5. The first-order valence-corrected chi connectivity index (χ1v) is 12.6. The van der Waals surface area contributed by atoms with Crippen molar-refractivity contribution in [3.8, 4) is 0 Å². The molecule has 0 aromatic carbocycles. The summed E-state index contributed by atoms with van der Waals surface area (Å²) in [7, 11) is -3.90. The second kappa shape index (κ2) is 17.0. The van der Waals surface area contributed by atoms with E-state index in [0.29, 0.717) is 12.8 Å². The van der Waals surface area contributed by atoms with Crippen LogP contribution in [-0.2, 0) is 10.1 Å². The fourth-order valence-electron chi connectivity index (χ4n) is 3.46. The molecule has 0 saturated heterocycles. The van der Waals surface area contributed by atoms with Crippen LogP contribution < -0.4 is 0 Å². The summed E-state index contributed by atoms with van der Waals surface area (Å²) in [4.78, 5) is 0. The minimum absolute atomic E-state index is 0.121. The van der Waals surface area contributed by atoms with Crippen LogP contribution in [0.25, 0.3) is 0 Å². The van der Waals surface area contributed by atoms with Gasteiger partial charge in [0.2, 0.25) is 0 Å². The standard InChI is InChI=1S/C21H44O4S/c1-3-5-7-14-18-21(26(23,24)25)19-15-12-10-8-9-11-13-17-20(22)16-6-4-2/h20-22H,3-19H2,1-2H3,(H,23,24,25). The third kappa shape index (κ3) is 16.1. The van der Waals surface area contributed by atoms with E-state index in [2.05, 4.69) is 13.8 Å². The van der Waals surface area contributed by atoms with E-state index < -0.39 is 15.4 Å². The highest BCUT2D eigenvalue weighted by Gasteiger charge is 2.21. The van der Waals surface area contributed by atoms with Gasteiger partial charge >= 0.3 is 0 Å². The molecule has 0 aliphatic carbocycles. The van der Waals surface area contributed by atoms with Gasteiger partial charge < -0.3 is 5.11 Å². The Bertz CT molecular complexity index is 395. The van der Waals surface area contributed by atoms with Crippen LogP contribution in [0.4, 0.5) is 0 Å². The minimum atomic E-state index is -3.90. The van der Waals surface area contributed by atoms with Crippen molar-refractivity contribution in [2.45, 2.75) is 134 Å². The van der Waals surface area contributed by atoms with Gasteiger partial charge in [-0.3, -0.25) is 4.55 Å². The molecule has 5 heteroatoms. The van der Waals surface area contributed by atoms with Gasteiger partial charge in [-0.2, -0.15) is 8.42 Å². The van der Waals surface area contributed by atoms with E-state index in [4.69, 9.17) is 0 Å². The fraction of sp³-hybridized carbons (Fsp3) is 1.00. The molecular formula is C21H44O4S. The molecule has 0 spiro atoms. The van der Waals surface area contributed by atoms with Gasteiger partial charge in [0.05, 0.1) is 11.4 Å². The Balaban J connectivity index is 3.63. The summed E-state index contributed by atoms with van der Waals surface area (Å²) in [6.07, 6.45) is 17.1. The van der Waals surface area contributed by atoms with Crippen molar-refractivity contribution >= 4 is 10.1 Å². The average molecular weight is 393 g/mol. The maximum Gasteiger partial charge on any atom is 0.267 e. The smallest absolute Gasteiger partial charge is 0.267 e. The molecule has 0 bridgehead atoms. The molecule has 0 heterocycles. The molecule has 26 heavy (non-hydrogen) atoms. The highest BCUT2D eigenvalue weighted by molar-refractivity contribution is 7.86. The number of rotatable bonds is 19. The van der Waals surface area contributed by atoms with Crippen LogP contribution in [0.1, 0.15) is 123 Å². The first-order chi connectivity index (χ1) is 12.4. The molecule has 0 amide bonds. The zero-order valence-corrected chi connectivity index (χ0v) is 18.1. The van der Waals surface area contributed by atoms with E-state index >= 15 is 0 Å². The summed E-state index contributed by atoms with van der Waals surface area (Å²) < 4.78 is 32.4. The maximum absolute atomic E-state index is 11.5. The third-order valence-electron chi connectivity index (χ3n) is 5.26. The average Bonchev–Trinajstić information content (AvgIpc) is 2.59. The lowest BCUT2D eigenvalue weighted by molar-refractivity contribution is 0.148. The van der Waals surface area contributed by atoms with Crippen LogP contribution in [-0.4, -0.2) is 29.4 Å². The minimum Gasteiger partial charge on any atom is -0.393 e. The van der Waals surface area contributed by atoms with Crippen LogP contribution in [0.15, 0.2) is 0 Å². The van der Waals surface area contributed by atoms with Crippen molar-refractivity contribution in [3.05, 3.63) is 0 Å². The Morgan fingerprint density at radius 1 is 0.615 bits per heavy atom. The van der Waals surface area contributed by atoms with Crippen LogP contribution in [0.5, 0.6) is 0 Å². The highest BCUT2D eigenvalue weighted by atomic mass is 32.2. The first kappa shape index (κ1) is 25.9. The molecular weight excluding hydrogens is 348 g/mol. The van der Waals surface area contributed by atoms with E-state index in [1.165, 1.54) is 19.3 Å². The number of aliphatic hydroxyl groups is 1. The lowest BCUT2D eigenvalue weighted by atomic mass is 10.0. The predicted molar refractivity (Wildman–Crippen MR) is 111 cm³/mol. The largest absolute Gasteiger partial charge is 0.393 e. The quantitative estimate of drug-likeness (QED) is 0.200. The third-order valence-corrected chi connectivity index (χ3v) is 6.57. The summed E-state index contributed by atoms with van der Waals surface area (Å²) in [5.74, 6) is 0. The molecule has 2 unspecified atom stereocenters. The molecule has 0 saturated carbocycles. The van der Waals surface area contributed by atoms with Crippen LogP contribution >= 0.6 is 0 Å². The zero-order chi connectivity index (χ0) is 19.7. The van der Waals surface area contributed by atoms with Crippen molar-refractivity contribution in [1.82, 2.24) is 0 Å². The van der Waals surface area contributed by atoms with Gasteiger partial charge in [0.1, 0.15) is 0 Å². The van der Waals surface area contributed by atoms with E-state index in [-0.39, 0.29) is 6.10 Å². The Morgan fingerprint density at radius 3 is 1.46 bits per heavy atom. The highest BCUT2D eigenvalue weighted by Crippen LogP contribution is 2.19. The van der Waals surface area contributed by atoms with Gasteiger partial charge in [-0.25, -0.2) is 0 Å². The Hall–Kier alpha value is -0.130. The van der Waals surface area contributed by atoms with Crippen LogP contribution in [0.3, 0.4) is 0 Å². The summed E-state index contributed by atoms with van der Waals surface area (Å²) >= 11 is 0. The second-order valence-corrected chi connectivity index (χ2v) is 9.53. The van der Waals surface area contributed by atoms with Crippen molar-refractivity contribution in [3.63, 3.8) is 0 Å². The number of aliphatic hydroxyl groups excluding tert-OH is 1. The van der Waals surface area contributed by atoms with E-state index in [9.17, 15) is 18.1 Å². The fourth-order valence-corrected chi connectivity index (χ4v) is 4.39. The first-order valence-electron chi connectivity index (χ1n) is 11.1. The van der Waals surface area contributed by atoms with Gasteiger partial charge in [-0.15, -0.1) is 0 Å². The molecule has 0 radical (unpaired) electrons. The zero-order valence-electron chi connectivity index (χ0n) is 17.3. The van der Waals surface area contributed by atoms with Crippen LogP contribution in [0, 0.1) is 0 Å². The molecule has 2 atom stereocenters. The van der Waals surface area contributed by atoms with E-state index in [1.807, 2.05) is 0 Å². The van der Waals surface area contributed by atoms with Crippen molar-refractivity contribution in [2.75, 3.05) is 0 Å². The molecule has 0 rings (SSSR count). The molecule has 158 valence electrons. The summed E-state index contributed by atoms with van der Waals surface area (Å²) in [6, 6.07) is 0. The van der Waals surface area contributed by atoms with Gasteiger partial charge in [-0.1, -0.05) is 97.3 Å². The summed E-state index contributed by atoms with van der Waals surface area (Å²) in [5, 5.41) is 9.23. The SMILES string of the molecule is CCCCCCC(CCCCCCCCCC(O)CCCC)S(=O)(=O)O. The molecule has 0 aliphatic heterocycles. The van der Waals surface area contributed by atoms with Gasteiger partial charge in [0, 0.05) is 0 Å². The topological polar surface area (TPSA) is 74.6 Å². The van der Waals surface area contributed by atoms with Gasteiger partial charge in [0.15, 0.2) is 0 Å². The number of unbranched alkanes of at least 4 members (excludes halogenated alkanes) is 10. The second-order valence-electron chi connectivity index (χ2n) is 7.83. The molecule has 2 N–H and O–H groups in total. The van der Waals surface area contributed by atoms with E-state index in [0.717, 1.165) is 77.0 Å². The molecule has 4 nitrogen and oxygen atoms in total. The van der Waals surface area contributed by atoms with Crippen molar-refractivity contribution in [1.29, 1.82) is 0 Å². The van der Waals surface area contributed by atoms with Crippen molar-refractivity contribution in [2.24, 2.45) is 0 Å².